The minimum absolute atomic E-state index is 0.930. The lowest BCUT2D eigenvalue weighted by molar-refractivity contribution is -0.884. The Morgan fingerprint density at radius 1 is 0.577 bits per heavy atom. The van der Waals surface area contributed by atoms with E-state index < -0.39 is 0 Å². The van der Waals surface area contributed by atoms with Gasteiger partial charge in [-0.1, -0.05) is 47.5 Å². The minimum Gasteiger partial charge on any atom is -0.327 e. The van der Waals surface area contributed by atoms with Crippen LogP contribution in [0.3, 0.4) is 0 Å². The van der Waals surface area contributed by atoms with Gasteiger partial charge in [0.25, 0.3) is 0 Å². The molecule has 0 atom stereocenters. The molecule has 2 heteroatoms. The third-order valence-corrected chi connectivity index (χ3v) is 4.44. The van der Waals surface area contributed by atoms with Gasteiger partial charge in [0.05, 0.1) is 21.1 Å². The first kappa shape index (κ1) is 18.2. The summed E-state index contributed by atoms with van der Waals surface area (Å²) < 4.78 is 0.930. The van der Waals surface area contributed by atoms with Crippen molar-refractivity contribution in [3.8, 4) is 0 Å². The predicted molar refractivity (Wildman–Crippen MR) is 112 cm³/mol. The van der Waals surface area contributed by atoms with Crippen molar-refractivity contribution >= 4 is 17.1 Å². The van der Waals surface area contributed by atoms with Gasteiger partial charge in [-0.25, -0.2) is 0 Å². The molecule has 0 bridgehead atoms. The number of aryl methyl sites for hydroxylation is 2. The van der Waals surface area contributed by atoms with E-state index in [1.54, 1.807) is 0 Å². The van der Waals surface area contributed by atoms with Gasteiger partial charge in [0.2, 0.25) is 0 Å². The van der Waals surface area contributed by atoms with Crippen LogP contribution in [0.1, 0.15) is 16.7 Å². The Balaban J connectivity index is 2.00. The van der Waals surface area contributed by atoms with Crippen LogP contribution in [-0.2, 0) is 6.54 Å². The summed E-state index contributed by atoms with van der Waals surface area (Å²) in [7, 11) is 6.66. The van der Waals surface area contributed by atoms with Crippen LogP contribution in [0.15, 0.2) is 72.8 Å². The van der Waals surface area contributed by atoms with Crippen molar-refractivity contribution in [2.75, 3.05) is 26.0 Å². The molecule has 0 aliphatic heterocycles. The van der Waals surface area contributed by atoms with E-state index in [1.807, 2.05) is 0 Å². The maximum atomic E-state index is 2.31. The molecule has 0 amide bonds. The van der Waals surface area contributed by atoms with Gasteiger partial charge in [0.15, 0.2) is 0 Å². The molecule has 0 unspecified atom stereocenters. The predicted octanol–water partition coefficient (Wildman–Crippen LogP) is 5.98. The van der Waals surface area contributed by atoms with Crippen LogP contribution >= 0.6 is 0 Å². The van der Waals surface area contributed by atoms with Crippen molar-refractivity contribution < 1.29 is 4.48 Å². The summed E-state index contributed by atoms with van der Waals surface area (Å²) in [5, 5.41) is 0. The van der Waals surface area contributed by atoms with Gasteiger partial charge in [0.1, 0.15) is 6.54 Å². The van der Waals surface area contributed by atoms with E-state index in [0.29, 0.717) is 0 Å². The molecule has 0 fully saturated rings. The molecule has 26 heavy (non-hydrogen) atoms. The van der Waals surface area contributed by atoms with Crippen molar-refractivity contribution in [1.82, 2.24) is 0 Å². The number of hydrogen-bond donors (Lipinski definition) is 0. The Kier molecular flexibility index (Phi) is 5.15. The molecule has 0 radical (unpaired) electrons. The molecule has 0 spiro atoms. The van der Waals surface area contributed by atoms with Crippen LogP contribution < -0.4 is 4.90 Å². The molecule has 0 aliphatic rings. The molecule has 2 nitrogen and oxygen atoms in total. The first-order chi connectivity index (χ1) is 12.3. The topological polar surface area (TPSA) is 3.24 Å². The van der Waals surface area contributed by atoms with Gasteiger partial charge in [-0.3, -0.25) is 0 Å². The molecule has 0 aromatic heterocycles. The van der Waals surface area contributed by atoms with Crippen LogP contribution in [0.25, 0.3) is 0 Å². The SMILES string of the molecule is Cc1ccc(N(c2ccc(C)cc2)c2ccc(C[N+](C)(C)C)cc2)cc1. The van der Waals surface area contributed by atoms with Crippen LogP contribution in [0, 0.1) is 13.8 Å². The lowest BCUT2D eigenvalue weighted by Crippen LogP contribution is -2.33. The maximum Gasteiger partial charge on any atom is 0.104 e. The summed E-state index contributed by atoms with van der Waals surface area (Å²) in [6.45, 7) is 5.27. The molecule has 3 aromatic carbocycles. The van der Waals surface area contributed by atoms with E-state index in [2.05, 4.69) is 113 Å². The molecular formula is C24H29N2+. The van der Waals surface area contributed by atoms with Crippen molar-refractivity contribution in [1.29, 1.82) is 0 Å². The maximum absolute atomic E-state index is 2.31. The molecule has 0 aliphatic carbocycles. The van der Waals surface area contributed by atoms with E-state index in [-0.39, 0.29) is 0 Å². The van der Waals surface area contributed by atoms with E-state index in [4.69, 9.17) is 0 Å². The molecule has 3 aromatic rings. The number of quaternary nitrogens is 1. The van der Waals surface area contributed by atoms with Crippen molar-refractivity contribution in [2.45, 2.75) is 20.4 Å². The molecule has 0 saturated heterocycles. The first-order valence-corrected chi connectivity index (χ1v) is 9.15. The van der Waals surface area contributed by atoms with Crippen molar-refractivity contribution in [3.63, 3.8) is 0 Å². The summed E-state index contributed by atoms with van der Waals surface area (Å²) in [5.41, 5.74) is 7.45. The van der Waals surface area contributed by atoms with Crippen molar-refractivity contribution in [3.05, 3.63) is 89.5 Å². The minimum atomic E-state index is 0.930. The molecule has 134 valence electrons. The van der Waals surface area contributed by atoms with Crippen LogP contribution in [0.4, 0.5) is 17.1 Å². The Morgan fingerprint density at radius 2 is 0.923 bits per heavy atom. The number of anilines is 3. The normalized spacial score (nSPS) is 11.4. The molecule has 0 N–H and O–H groups in total. The molecule has 3 rings (SSSR count). The summed E-state index contributed by atoms with van der Waals surface area (Å²) in [5.74, 6) is 0. The number of benzene rings is 3. The summed E-state index contributed by atoms with van der Waals surface area (Å²) in [6.07, 6.45) is 0. The smallest absolute Gasteiger partial charge is 0.104 e. The van der Waals surface area contributed by atoms with E-state index in [9.17, 15) is 0 Å². The summed E-state index contributed by atoms with van der Waals surface area (Å²) >= 11 is 0. The second-order valence-corrected chi connectivity index (χ2v) is 8.12. The van der Waals surface area contributed by atoms with E-state index in [1.165, 1.54) is 33.8 Å². The highest BCUT2D eigenvalue weighted by Gasteiger charge is 2.13. The van der Waals surface area contributed by atoms with E-state index in [0.717, 1.165) is 11.0 Å². The Bertz CT molecular complexity index is 793. The monoisotopic (exact) mass is 345 g/mol. The third-order valence-electron chi connectivity index (χ3n) is 4.44. The standard InChI is InChI=1S/C24H29N2/c1-19-6-12-22(13-7-19)25(23-14-8-20(2)9-15-23)24-16-10-21(11-17-24)18-26(3,4)5/h6-17H,18H2,1-5H3/q+1. The lowest BCUT2D eigenvalue weighted by Gasteiger charge is -2.27. The molecular weight excluding hydrogens is 316 g/mol. The Hall–Kier alpha value is -2.58. The van der Waals surface area contributed by atoms with E-state index >= 15 is 0 Å². The fraction of sp³-hybridized carbons (Fsp3) is 0.250. The zero-order chi connectivity index (χ0) is 18.7. The second kappa shape index (κ2) is 7.35. The van der Waals surface area contributed by atoms with Gasteiger partial charge < -0.3 is 9.38 Å². The Labute approximate surface area is 157 Å². The fourth-order valence-electron chi connectivity index (χ4n) is 3.13. The number of nitrogens with zero attached hydrogens (tertiary/aromatic N) is 2. The average molecular weight is 346 g/mol. The first-order valence-electron chi connectivity index (χ1n) is 9.15. The van der Waals surface area contributed by atoms with Gasteiger partial charge in [-0.05, 0) is 50.2 Å². The summed E-state index contributed by atoms with van der Waals surface area (Å²) in [6, 6.07) is 26.4. The quantitative estimate of drug-likeness (QED) is 0.514. The van der Waals surface area contributed by atoms with Gasteiger partial charge in [0, 0.05) is 22.6 Å². The second-order valence-electron chi connectivity index (χ2n) is 8.12. The Morgan fingerprint density at radius 3 is 1.27 bits per heavy atom. The molecule has 0 saturated carbocycles. The fourth-order valence-corrected chi connectivity index (χ4v) is 3.13. The average Bonchev–Trinajstić information content (AvgIpc) is 2.59. The van der Waals surface area contributed by atoms with Gasteiger partial charge in [-0.15, -0.1) is 0 Å². The highest BCUT2D eigenvalue weighted by Crippen LogP contribution is 2.34. The summed E-state index contributed by atoms with van der Waals surface area (Å²) in [4.78, 5) is 2.31. The van der Waals surface area contributed by atoms with Crippen LogP contribution in [0.5, 0.6) is 0 Å². The highest BCUT2D eigenvalue weighted by atomic mass is 15.3. The van der Waals surface area contributed by atoms with Gasteiger partial charge >= 0.3 is 0 Å². The molecule has 0 heterocycles. The number of hydrogen-bond acceptors (Lipinski definition) is 1. The zero-order valence-electron chi connectivity index (χ0n) is 16.5. The van der Waals surface area contributed by atoms with Crippen molar-refractivity contribution in [2.24, 2.45) is 0 Å². The third kappa shape index (κ3) is 4.53. The zero-order valence-corrected chi connectivity index (χ0v) is 16.5. The lowest BCUT2D eigenvalue weighted by atomic mass is 10.1. The van der Waals surface area contributed by atoms with Crippen LogP contribution in [0.2, 0.25) is 0 Å². The van der Waals surface area contributed by atoms with Gasteiger partial charge in [-0.2, -0.15) is 0 Å². The largest absolute Gasteiger partial charge is 0.327 e. The number of rotatable bonds is 5. The van der Waals surface area contributed by atoms with Crippen LogP contribution in [-0.4, -0.2) is 25.6 Å². The highest BCUT2D eigenvalue weighted by molar-refractivity contribution is 5.76.